The first kappa shape index (κ1) is 26.4. The minimum atomic E-state index is -4.04. The summed E-state index contributed by atoms with van der Waals surface area (Å²) in [5, 5.41) is 0. The van der Waals surface area contributed by atoms with Crippen molar-refractivity contribution in [3.05, 3.63) is 168 Å². The van der Waals surface area contributed by atoms with E-state index in [1.807, 2.05) is 109 Å². The smallest absolute Gasteiger partial charge is 0.209 e. The SMILES string of the molecule is O=S1(=O)C(c2ccc(-c3ccccn3)nc2)=C(c2ccccc2)C(c2ccccc2)=C1c1ccc(-c2ccccn2)nc1. The lowest BCUT2D eigenvalue weighted by atomic mass is 9.89. The van der Waals surface area contributed by atoms with Crippen LogP contribution in [-0.4, -0.2) is 28.4 Å². The predicted octanol–water partition coefficient (Wildman–Crippen LogP) is 7.47. The second-order valence-corrected chi connectivity index (χ2v) is 11.8. The van der Waals surface area contributed by atoms with E-state index in [-0.39, 0.29) is 9.81 Å². The van der Waals surface area contributed by atoms with Crippen LogP contribution in [0.25, 0.3) is 43.7 Å². The topological polar surface area (TPSA) is 85.7 Å². The molecule has 1 aliphatic heterocycles. The van der Waals surface area contributed by atoms with Crippen LogP contribution in [0.15, 0.2) is 146 Å². The molecule has 6 nitrogen and oxygen atoms in total. The van der Waals surface area contributed by atoms with E-state index >= 15 is 0 Å². The van der Waals surface area contributed by atoms with Crippen LogP contribution in [0.5, 0.6) is 0 Å². The van der Waals surface area contributed by atoms with Crippen molar-refractivity contribution in [3.63, 3.8) is 0 Å². The first-order valence-corrected chi connectivity index (χ1v) is 15.2. The van der Waals surface area contributed by atoms with E-state index in [2.05, 4.69) is 19.9 Å². The molecule has 7 heteroatoms. The maximum Gasteiger partial charge on any atom is 0.209 e. The zero-order valence-electron chi connectivity index (χ0n) is 22.9. The van der Waals surface area contributed by atoms with E-state index in [0.717, 1.165) is 11.1 Å². The first-order chi connectivity index (χ1) is 21.1. The molecule has 0 saturated carbocycles. The van der Waals surface area contributed by atoms with Crippen molar-refractivity contribution in [2.24, 2.45) is 0 Å². The van der Waals surface area contributed by atoms with Gasteiger partial charge in [-0.1, -0.05) is 72.8 Å². The minimum absolute atomic E-state index is 0.210. The van der Waals surface area contributed by atoms with E-state index in [1.54, 1.807) is 36.9 Å². The van der Waals surface area contributed by atoms with Crippen LogP contribution in [-0.2, 0) is 9.84 Å². The van der Waals surface area contributed by atoms with Gasteiger partial charge in [0.1, 0.15) is 0 Å². The van der Waals surface area contributed by atoms with E-state index in [1.165, 1.54) is 0 Å². The zero-order chi connectivity index (χ0) is 29.2. The zero-order valence-corrected chi connectivity index (χ0v) is 23.7. The number of benzene rings is 2. The number of hydrogen-bond acceptors (Lipinski definition) is 6. The quantitative estimate of drug-likeness (QED) is 0.205. The molecule has 0 radical (unpaired) electrons. The van der Waals surface area contributed by atoms with Crippen LogP contribution in [0.3, 0.4) is 0 Å². The summed E-state index contributed by atoms with van der Waals surface area (Å²) in [6, 6.07) is 37.7. The van der Waals surface area contributed by atoms with E-state index < -0.39 is 9.84 Å². The summed E-state index contributed by atoms with van der Waals surface area (Å²) in [7, 11) is -4.04. The minimum Gasteiger partial charge on any atom is -0.255 e. The lowest BCUT2D eigenvalue weighted by molar-refractivity contribution is 0.615. The maximum absolute atomic E-state index is 14.8. The largest absolute Gasteiger partial charge is 0.255 e. The fraction of sp³-hybridized carbons (Fsp3) is 0. The monoisotopic (exact) mass is 576 g/mol. The van der Waals surface area contributed by atoms with Crippen molar-refractivity contribution in [3.8, 4) is 22.8 Å². The van der Waals surface area contributed by atoms with Crippen molar-refractivity contribution >= 4 is 30.8 Å². The summed E-state index contributed by atoms with van der Waals surface area (Å²) < 4.78 is 29.6. The van der Waals surface area contributed by atoms with Crippen molar-refractivity contribution < 1.29 is 8.42 Å². The molecule has 1 aliphatic rings. The third-order valence-corrected chi connectivity index (χ3v) is 9.23. The molecule has 0 fully saturated rings. The Labute approximate surface area is 249 Å². The van der Waals surface area contributed by atoms with Gasteiger partial charge in [-0.3, -0.25) is 19.9 Å². The molecule has 0 N–H and O–H groups in total. The van der Waals surface area contributed by atoms with Gasteiger partial charge >= 0.3 is 0 Å². The van der Waals surface area contributed by atoms with Crippen molar-refractivity contribution in [1.82, 2.24) is 19.9 Å². The fourth-order valence-electron chi connectivity index (χ4n) is 5.35. The standard InChI is InChI=1S/C36H24N4O2S/c41-43(42)35(27-17-19-31(39-23-27)29-15-7-9-21-37-29)33(25-11-3-1-4-12-25)34(26-13-5-2-6-14-26)36(43)28-18-20-32(40-24-28)30-16-8-10-22-38-30/h1-24H. The lowest BCUT2D eigenvalue weighted by Gasteiger charge is -2.12. The molecular weight excluding hydrogens is 552 g/mol. The number of pyridine rings is 4. The van der Waals surface area contributed by atoms with Crippen LogP contribution in [0.2, 0.25) is 0 Å². The molecular formula is C36H24N4O2S. The Bertz CT molecular complexity index is 1930. The van der Waals surface area contributed by atoms with Gasteiger partial charge in [0, 0.05) is 47.1 Å². The Hall–Kier alpha value is -5.53. The highest BCUT2D eigenvalue weighted by Crippen LogP contribution is 2.53. The van der Waals surface area contributed by atoms with Crippen molar-refractivity contribution in [2.75, 3.05) is 0 Å². The number of sulfone groups is 1. The Kier molecular flexibility index (Phi) is 6.77. The van der Waals surface area contributed by atoms with Crippen LogP contribution in [0.4, 0.5) is 0 Å². The molecule has 0 saturated heterocycles. The number of hydrogen-bond donors (Lipinski definition) is 0. The summed E-state index contributed by atoms with van der Waals surface area (Å²) in [4.78, 5) is 18.5. The van der Waals surface area contributed by atoms with E-state index in [9.17, 15) is 8.42 Å². The van der Waals surface area contributed by atoms with Crippen molar-refractivity contribution in [2.45, 2.75) is 0 Å². The molecule has 43 heavy (non-hydrogen) atoms. The molecule has 0 spiro atoms. The normalized spacial score (nSPS) is 14.2. The Morgan fingerprint density at radius 2 is 0.767 bits per heavy atom. The Morgan fingerprint density at radius 3 is 1.12 bits per heavy atom. The van der Waals surface area contributed by atoms with Crippen LogP contribution >= 0.6 is 0 Å². The van der Waals surface area contributed by atoms with Crippen LogP contribution in [0, 0.1) is 0 Å². The highest BCUT2D eigenvalue weighted by Gasteiger charge is 2.41. The highest BCUT2D eigenvalue weighted by atomic mass is 32.2. The number of rotatable bonds is 6. The summed E-state index contributed by atoms with van der Waals surface area (Å²) in [5.74, 6) is 0. The Morgan fingerprint density at radius 1 is 0.372 bits per heavy atom. The van der Waals surface area contributed by atoms with Crippen LogP contribution in [0.1, 0.15) is 22.3 Å². The number of allylic oxidation sites excluding steroid dienone is 2. The maximum atomic E-state index is 14.8. The number of nitrogens with zero attached hydrogens (tertiary/aromatic N) is 4. The lowest BCUT2D eigenvalue weighted by Crippen LogP contribution is -2.04. The molecule has 0 unspecified atom stereocenters. The molecule has 4 aromatic heterocycles. The molecule has 0 aliphatic carbocycles. The summed E-state index contributed by atoms with van der Waals surface area (Å²) in [6.07, 6.45) is 6.65. The number of aromatic nitrogens is 4. The second-order valence-electron chi connectivity index (χ2n) is 9.94. The van der Waals surface area contributed by atoms with Gasteiger partial charge in [-0.2, -0.15) is 0 Å². The Balaban J connectivity index is 1.46. The van der Waals surface area contributed by atoms with Gasteiger partial charge in [0.2, 0.25) is 9.84 Å². The average molecular weight is 577 g/mol. The molecule has 0 bridgehead atoms. The third kappa shape index (κ3) is 4.86. The van der Waals surface area contributed by atoms with E-state index in [0.29, 0.717) is 45.0 Å². The van der Waals surface area contributed by atoms with Gasteiger partial charge in [-0.25, -0.2) is 8.42 Å². The van der Waals surface area contributed by atoms with Crippen LogP contribution < -0.4 is 0 Å². The van der Waals surface area contributed by atoms with Gasteiger partial charge in [-0.15, -0.1) is 0 Å². The molecule has 5 heterocycles. The summed E-state index contributed by atoms with van der Waals surface area (Å²) in [5.41, 5.74) is 6.58. The molecule has 0 amide bonds. The van der Waals surface area contributed by atoms with E-state index in [4.69, 9.17) is 0 Å². The molecule has 0 atom stereocenters. The molecule has 2 aromatic carbocycles. The molecule has 7 rings (SSSR count). The first-order valence-electron chi connectivity index (χ1n) is 13.7. The van der Waals surface area contributed by atoms with Gasteiger partial charge in [0.25, 0.3) is 0 Å². The van der Waals surface area contributed by atoms with Crippen molar-refractivity contribution in [1.29, 1.82) is 0 Å². The predicted molar refractivity (Wildman–Crippen MR) is 170 cm³/mol. The third-order valence-electron chi connectivity index (χ3n) is 7.27. The summed E-state index contributed by atoms with van der Waals surface area (Å²) >= 11 is 0. The van der Waals surface area contributed by atoms with Gasteiger partial charge in [0.05, 0.1) is 32.6 Å². The van der Waals surface area contributed by atoms with Gasteiger partial charge in [0.15, 0.2) is 0 Å². The van der Waals surface area contributed by atoms with Gasteiger partial charge < -0.3 is 0 Å². The fourth-order valence-corrected chi connectivity index (χ4v) is 7.39. The van der Waals surface area contributed by atoms with Gasteiger partial charge in [-0.05, 0) is 59.7 Å². The summed E-state index contributed by atoms with van der Waals surface area (Å²) in [6.45, 7) is 0. The molecule has 6 aromatic rings. The molecule has 206 valence electrons. The highest BCUT2D eigenvalue weighted by molar-refractivity contribution is 8.10. The second kappa shape index (κ2) is 11.0. The average Bonchev–Trinajstić information content (AvgIpc) is 3.33.